The number of benzene rings is 3. The molecule has 146 valence electrons. The van der Waals surface area contributed by atoms with Crippen LogP contribution in [0.5, 0.6) is 0 Å². The van der Waals surface area contributed by atoms with Crippen molar-refractivity contribution >= 4 is 17.2 Å². The van der Waals surface area contributed by atoms with Gasteiger partial charge in [0.1, 0.15) is 5.82 Å². The molecule has 2 aliphatic rings. The molecular weight excluding hydrogens is 363 g/mol. The normalized spacial score (nSPS) is 18.8. The first-order valence-electron chi connectivity index (χ1n) is 10.2. The van der Waals surface area contributed by atoms with Gasteiger partial charge >= 0.3 is 0 Å². The molecule has 1 fully saturated rings. The molecule has 0 aromatic heterocycles. The van der Waals surface area contributed by atoms with Crippen LogP contribution >= 0.6 is 0 Å². The number of ketones is 1. The van der Waals surface area contributed by atoms with E-state index in [0.29, 0.717) is 6.42 Å². The number of hydrogen-bond donors (Lipinski definition) is 0. The van der Waals surface area contributed by atoms with Crippen molar-refractivity contribution in [3.63, 3.8) is 0 Å². The van der Waals surface area contributed by atoms with Gasteiger partial charge in [0.2, 0.25) is 0 Å². The molecule has 0 N–H and O–H groups in total. The number of rotatable bonds is 3. The Morgan fingerprint density at radius 1 is 0.759 bits per heavy atom. The van der Waals surface area contributed by atoms with Crippen LogP contribution in [-0.4, -0.2) is 32.0 Å². The predicted octanol–water partition coefficient (Wildman–Crippen LogP) is 4.87. The molecule has 1 heterocycles. The second-order valence-electron chi connectivity index (χ2n) is 7.78. The molecule has 1 atom stereocenters. The molecule has 29 heavy (non-hydrogen) atoms. The Hall–Kier alpha value is -3.14. The Morgan fingerprint density at radius 3 is 2.17 bits per heavy atom. The molecule has 0 amide bonds. The number of anilines is 2. The molecule has 0 unspecified atom stereocenters. The summed E-state index contributed by atoms with van der Waals surface area (Å²) >= 11 is 0. The molecule has 0 saturated carbocycles. The minimum Gasteiger partial charge on any atom is -0.368 e. The quantitative estimate of drug-likeness (QED) is 0.642. The molecule has 3 aromatic rings. The van der Waals surface area contributed by atoms with E-state index in [0.717, 1.165) is 48.7 Å². The predicted molar refractivity (Wildman–Crippen MR) is 115 cm³/mol. The molecule has 1 saturated heterocycles. The van der Waals surface area contributed by atoms with Gasteiger partial charge in [-0.15, -0.1) is 0 Å². The van der Waals surface area contributed by atoms with E-state index in [4.69, 9.17) is 0 Å². The Morgan fingerprint density at radius 2 is 1.45 bits per heavy atom. The van der Waals surface area contributed by atoms with Crippen molar-refractivity contribution < 1.29 is 9.18 Å². The topological polar surface area (TPSA) is 23.6 Å². The van der Waals surface area contributed by atoms with Gasteiger partial charge in [0.05, 0.1) is 0 Å². The van der Waals surface area contributed by atoms with Crippen LogP contribution in [0.15, 0.2) is 72.8 Å². The highest BCUT2D eigenvalue weighted by Crippen LogP contribution is 2.42. The molecule has 0 bridgehead atoms. The van der Waals surface area contributed by atoms with Crippen molar-refractivity contribution in [2.75, 3.05) is 36.0 Å². The zero-order valence-corrected chi connectivity index (χ0v) is 16.2. The zero-order valence-electron chi connectivity index (χ0n) is 16.2. The molecule has 4 heteroatoms. The van der Waals surface area contributed by atoms with Gasteiger partial charge in [0.25, 0.3) is 0 Å². The van der Waals surface area contributed by atoms with Crippen molar-refractivity contribution in [2.24, 2.45) is 0 Å². The maximum absolute atomic E-state index is 13.2. The van der Waals surface area contributed by atoms with E-state index in [2.05, 4.69) is 40.1 Å². The Labute approximate surface area is 170 Å². The lowest BCUT2D eigenvalue weighted by molar-refractivity contribution is 0.0991. The third-order valence-corrected chi connectivity index (χ3v) is 6.13. The number of fused-ring (bicyclic) bond motifs is 1. The average molecular weight is 386 g/mol. The SMILES string of the molecule is O=C1C[C@@H](c2ccccc2)c2cccc(N3CCN(c4ccc(F)cc4)CC3)c21. The van der Waals surface area contributed by atoms with Crippen LogP contribution in [0.1, 0.15) is 33.8 Å². The van der Waals surface area contributed by atoms with Crippen LogP contribution in [0.2, 0.25) is 0 Å². The summed E-state index contributed by atoms with van der Waals surface area (Å²) in [5.41, 5.74) is 5.36. The molecule has 0 spiro atoms. The van der Waals surface area contributed by atoms with Crippen LogP contribution in [-0.2, 0) is 0 Å². The zero-order chi connectivity index (χ0) is 19.8. The number of carbonyl (C=O) groups excluding carboxylic acids is 1. The third-order valence-electron chi connectivity index (χ3n) is 6.13. The fraction of sp³-hybridized carbons (Fsp3) is 0.240. The molecule has 3 aromatic carbocycles. The van der Waals surface area contributed by atoms with Gasteiger partial charge in [-0.1, -0.05) is 42.5 Å². The Kier molecular flexibility index (Phi) is 4.55. The first kappa shape index (κ1) is 17.9. The van der Waals surface area contributed by atoms with Gasteiger partial charge in [-0.05, 0) is 41.5 Å². The molecule has 3 nitrogen and oxygen atoms in total. The fourth-order valence-corrected chi connectivity index (χ4v) is 4.65. The van der Waals surface area contributed by atoms with Crippen molar-refractivity contribution in [1.29, 1.82) is 0 Å². The van der Waals surface area contributed by atoms with Crippen LogP contribution in [0, 0.1) is 5.82 Å². The van der Waals surface area contributed by atoms with Gasteiger partial charge in [-0.2, -0.15) is 0 Å². The lowest BCUT2D eigenvalue weighted by Gasteiger charge is -2.38. The fourth-order valence-electron chi connectivity index (χ4n) is 4.65. The number of carbonyl (C=O) groups is 1. The molecular formula is C25H23FN2O. The van der Waals surface area contributed by atoms with Crippen LogP contribution in [0.3, 0.4) is 0 Å². The molecule has 0 radical (unpaired) electrons. The number of piperazine rings is 1. The van der Waals surface area contributed by atoms with Crippen molar-refractivity contribution in [3.05, 3.63) is 95.3 Å². The highest BCUT2D eigenvalue weighted by atomic mass is 19.1. The average Bonchev–Trinajstić information content (AvgIpc) is 3.12. The van der Waals surface area contributed by atoms with Gasteiger partial charge < -0.3 is 9.80 Å². The van der Waals surface area contributed by atoms with Crippen LogP contribution in [0.4, 0.5) is 15.8 Å². The van der Waals surface area contributed by atoms with E-state index >= 15 is 0 Å². The van der Waals surface area contributed by atoms with Gasteiger partial charge in [0.15, 0.2) is 5.78 Å². The number of hydrogen-bond acceptors (Lipinski definition) is 3. The smallest absolute Gasteiger partial charge is 0.166 e. The van der Waals surface area contributed by atoms with E-state index < -0.39 is 0 Å². The van der Waals surface area contributed by atoms with Gasteiger partial charge in [-0.3, -0.25) is 4.79 Å². The lowest BCUT2D eigenvalue weighted by atomic mass is 9.93. The van der Waals surface area contributed by atoms with E-state index in [1.807, 2.05) is 30.3 Å². The van der Waals surface area contributed by atoms with E-state index in [9.17, 15) is 9.18 Å². The lowest BCUT2D eigenvalue weighted by Crippen LogP contribution is -2.47. The summed E-state index contributed by atoms with van der Waals surface area (Å²) in [6.07, 6.45) is 0.548. The van der Waals surface area contributed by atoms with Crippen LogP contribution < -0.4 is 9.80 Å². The summed E-state index contributed by atoms with van der Waals surface area (Å²) in [6, 6.07) is 23.3. The standard InChI is InChI=1S/C25H23FN2O/c26-19-9-11-20(12-10-19)27-13-15-28(16-14-27)23-8-4-7-21-22(17-24(29)25(21)23)18-5-2-1-3-6-18/h1-12,22H,13-17H2/t22-/m0/s1. The summed E-state index contributed by atoms with van der Waals surface area (Å²) < 4.78 is 13.2. The summed E-state index contributed by atoms with van der Waals surface area (Å²) in [5.74, 6) is 0.184. The number of nitrogens with zero attached hydrogens (tertiary/aromatic N) is 2. The van der Waals surface area contributed by atoms with Crippen molar-refractivity contribution in [3.8, 4) is 0 Å². The van der Waals surface area contributed by atoms with Crippen molar-refractivity contribution in [2.45, 2.75) is 12.3 Å². The largest absolute Gasteiger partial charge is 0.368 e. The second-order valence-corrected chi connectivity index (χ2v) is 7.78. The minimum atomic E-state index is -0.210. The third kappa shape index (κ3) is 3.29. The van der Waals surface area contributed by atoms with Crippen molar-refractivity contribution in [1.82, 2.24) is 0 Å². The first-order valence-corrected chi connectivity index (χ1v) is 10.2. The number of halogens is 1. The Balaban J connectivity index is 1.39. The summed E-state index contributed by atoms with van der Waals surface area (Å²) in [5, 5.41) is 0. The van der Waals surface area contributed by atoms with E-state index in [-0.39, 0.29) is 17.5 Å². The minimum absolute atomic E-state index is 0.152. The second kappa shape index (κ2) is 7.36. The van der Waals surface area contributed by atoms with E-state index in [1.54, 1.807) is 0 Å². The molecule has 1 aliphatic heterocycles. The monoisotopic (exact) mass is 386 g/mol. The summed E-state index contributed by atoms with van der Waals surface area (Å²) in [7, 11) is 0. The first-order chi connectivity index (χ1) is 14.2. The highest BCUT2D eigenvalue weighted by molar-refractivity contribution is 6.06. The van der Waals surface area contributed by atoms with Gasteiger partial charge in [-0.25, -0.2) is 4.39 Å². The van der Waals surface area contributed by atoms with Crippen LogP contribution in [0.25, 0.3) is 0 Å². The summed E-state index contributed by atoms with van der Waals surface area (Å²) in [4.78, 5) is 17.6. The summed E-state index contributed by atoms with van der Waals surface area (Å²) in [6.45, 7) is 3.39. The number of Topliss-reactive ketones (excluding diaryl/α,β-unsaturated/α-hetero) is 1. The molecule has 1 aliphatic carbocycles. The maximum Gasteiger partial charge on any atom is 0.166 e. The Bertz CT molecular complexity index is 1020. The maximum atomic E-state index is 13.2. The van der Waals surface area contributed by atoms with Gasteiger partial charge in [0, 0.05) is 55.5 Å². The molecule has 5 rings (SSSR count). The highest BCUT2D eigenvalue weighted by Gasteiger charge is 2.34. The van der Waals surface area contributed by atoms with E-state index in [1.165, 1.54) is 17.7 Å².